The van der Waals surface area contributed by atoms with E-state index >= 15 is 0 Å². The first kappa shape index (κ1) is 14.3. The monoisotopic (exact) mass is 272 g/mol. The number of benzene rings is 1. The highest BCUT2D eigenvalue weighted by atomic mass is 16.4. The fraction of sp³-hybridized carbons (Fsp3) is 0.375. The van der Waals surface area contributed by atoms with Gasteiger partial charge in [0.05, 0.1) is 5.56 Å². The zero-order valence-electron chi connectivity index (χ0n) is 12.3. The van der Waals surface area contributed by atoms with Crippen molar-refractivity contribution >= 4 is 22.6 Å². The van der Waals surface area contributed by atoms with Crippen molar-refractivity contribution in [1.29, 1.82) is 0 Å². The van der Waals surface area contributed by atoms with Crippen molar-refractivity contribution in [2.45, 2.75) is 20.8 Å². The second-order valence-corrected chi connectivity index (χ2v) is 6.26. The lowest BCUT2D eigenvalue weighted by molar-refractivity contribution is 0.0698. The van der Waals surface area contributed by atoms with Crippen LogP contribution in [-0.4, -0.2) is 29.7 Å². The number of aromatic nitrogens is 1. The van der Waals surface area contributed by atoms with Gasteiger partial charge in [-0.25, -0.2) is 9.78 Å². The molecule has 0 atom stereocenters. The normalized spacial score (nSPS) is 11.6. The average molecular weight is 272 g/mol. The number of rotatable bonds is 3. The van der Waals surface area contributed by atoms with Gasteiger partial charge in [0.25, 0.3) is 0 Å². The van der Waals surface area contributed by atoms with Crippen LogP contribution in [0.2, 0.25) is 0 Å². The summed E-state index contributed by atoms with van der Waals surface area (Å²) < 4.78 is 0. The molecule has 0 saturated carbocycles. The van der Waals surface area contributed by atoms with E-state index in [9.17, 15) is 9.90 Å². The molecule has 0 aliphatic carbocycles. The van der Waals surface area contributed by atoms with E-state index in [0.717, 1.165) is 23.1 Å². The Morgan fingerprint density at radius 1 is 1.25 bits per heavy atom. The van der Waals surface area contributed by atoms with Crippen LogP contribution in [0.1, 0.15) is 31.1 Å². The molecule has 0 aliphatic rings. The van der Waals surface area contributed by atoms with Crippen LogP contribution < -0.4 is 4.90 Å². The molecule has 4 nitrogen and oxygen atoms in total. The number of aromatic carboxylic acids is 1. The van der Waals surface area contributed by atoms with Crippen LogP contribution in [0.25, 0.3) is 10.8 Å². The molecule has 106 valence electrons. The first-order valence-corrected chi connectivity index (χ1v) is 6.62. The Labute approximate surface area is 119 Å². The van der Waals surface area contributed by atoms with Crippen LogP contribution in [0.5, 0.6) is 0 Å². The van der Waals surface area contributed by atoms with Gasteiger partial charge in [-0.3, -0.25) is 0 Å². The molecule has 1 aromatic heterocycles. The summed E-state index contributed by atoms with van der Waals surface area (Å²) in [5.74, 6) is -0.126. The second kappa shape index (κ2) is 5.12. The SMILES string of the molecule is CN(CC(C)(C)C)c1ncc(C(=O)O)c2ccccc12. The molecule has 4 heteroatoms. The Kier molecular flexibility index (Phi) is 3.66. The molecule has 1 aromatic carbocycles. The number of fused-ring (bicyclic) bond motifs is 1. The molecule has 0 unspecified atom stereocenters. The Hall–Kier alpha value is -2.10. The quantitative estimate of drug-likeness (QED) is 0.930. The number of carbonyl (C=O) groups is 1. The molecule has 0 radical (unpaired) electrons. The molecule has 1 N–H and O–H groups in total. The van der Waals surface area contributed by atoms with E-state index in [-0.39, 0.29) is 11.0 Å². The van der Waals surface area contributed by atoms with Gasteiger partial charge in [-0.15, -0.1) is 0 Å². The van der Waals surface area contributed by atoms with Crippen LogP contribution in [0.15, 0.2) is 30.5 Å². The van der Waals surface area contributed by atoms with Gasteiger partial charge in [0, 0.05) is 30.6 Å². The zero-order chi connectivity index (χ0) is 14.9. The van der Waals surface area contributed by atoms with Crippen LogP contribution in [-0.2, 0) is 0 Å². The molecule has 0 fully saturated rings. The first-order chi connectivity index (χ1) is 9.29. The minimum Gasteiger partial charge on any atom is -0.478 e. The van der Waals surface area contributed by atoms with Crippen molar-refractivity contribution < 1.29 is 9.90 Å². The molecular formula is C16H20N2O2. The summed E-state index contributed by atoms with van der Waals surface area (Å²) in [4.78, 5) is 17.7. The number of hydrogen-bond acceptors (Lipinski definition) is 3. The van der Waals surface area contributed by atoms with E-state index in [2.05, 4.69) is 30.7 Å². The molecule has 0 amide bonds. The Bertz CT molecular complexity index is 644. The lowest BCUT2D eigenvalue weighted by Crippen LogP contribution is -2.30. The van der Waals surface area contributed by atoms with Gasteiger partial charge in [0.1, 0.15) is 5.82 Å². The molecule has 1 heterocycles. The minimum atomic E-state index is -0.946. The summed E-state index contributed by atoms with van der Waals surface area (Å²) in [6.45, 7) is 7.34. The molecule has 2 aromatic rings. The number of anilines is 1. The second-order valence-electron chi connectivity index (χ2n) is 6.26. The van der Waals surface area contributed by atoms with Crippen molar-refractivity contribution in [3.8, 4) is 0 Å². The third-order valence-corrected chi connectivity index (χ3v) is 3.08. The van der Waals surface area contributed by atoms with Crippen molar-refractivity contribution in [3.05, 3.63) is 36.0 Å². The molecular weight excluding hydrogens is 252 g/mol. The van der Waals surface area contributed by atoms with E-state index in [1.165, 1.54) is 6.20 Å². The minimum absolute atomic E-state index is 0.142. The van der Waals surface area contributed by atoms with Gasteiger partial charge in [-0.2, -0.15) is 0 Å². The number of carboxylic acids is 1. The third kappa shape index (κ3) is 2.90. The van der Waals surface area contributed by atoms with Gasteiger partial charge in [-0.1, -0.05) is 45.0 Å². The number of pyridine rings is 1. The Morgan fingerprint density at radius 3 is 2.40 bits per heavy atom. The maximum absolute atomic E-state index is 11.3. The van der Waals surface area contributed by atoms with E-state index in [1.54, 1.807) is 0 Å². The topological polar surface area (TPSA) is 53.4 Å². The summed E-state index contributed by atoms with van der Waals surface area (Å²) in [6.07, 6.45) is 1.44. The molecule has 0 aliphatic heterocycles. The molecule has 0 saturated heterocycles. The highest BCUT2D eigenvalue weighted by Gasteiger charge is 2.18. The summed E-state index contributed by atoms with van der Waals surface area (Å²) >= 11 is 0. The van der Waals surface area contributed by atoms with Crippen molar-refractivity contribution in [2.75, 3.05) is 18.5 Å². The zero-order valence-corrected chi connectivity index (χ0v) is 12.3. The Morgan fingerprint density at radius 2 is 1.85 bits per heavy atom. The summed E-state index contributed by atoms with van der Waals surface area (Å²) in [6, 6.07) is 7.50. The van der Waals surface area contributed by atoms with E-state index < -0.39 is 5.97 Å². The van der Waals surface area contributed by atoms with Gasteiger partial charge in [0.2, 0.25) is 0 Å². The van der Waals surface area contributed by atoms with Crippen molar-refractivity contribution in [3.63, 3.8) is 0 Å². The van der Waals surface area contributed by atoms with E-state index in [1.807, 2.05) is 31.3 Å². The maximum Gasteiger partial charge on any atom is 0.337 e. The highest BCUT2D eigenvalue weighted by molar-refractivity contribution is 6.06. The summed E-state index contributed by atoms with van der Waals surface area (Å²) in [5.41, 5.74) is 0.386. The van der Waals surface area contributed by atoms with Crippen LogP contribution in [0.3, 0.4) is 0 Å². The Balaban J connectivity index is 2.56. The predicted octanol–water partition coefficient (Wildman–Crippen LogP) is 3.42. The lowest BCUT2D eigenvalue weighted by atomic mass is 9.96. The summed E-state index contributed by atoms with van der Waals surface area (Å²) in [7, 11) is 1.99. The van der Waals surface area contributed by atoms with Gasteiger partial charge >= 0.3 is 5.97 Å². The van der Waals surface area contributed by atoms with E-state index in [0.29, 0.717) is 0 Å². The number of carboxylic acid groups (broad SMARTS) is 1. The fourth-order valence-corrected chi connectivity index (χ4v) is 2.44. The number of nitrogens with zero attached hydrogens (tertiary/aromatic N) is 2. The van der Waals surface area contributed by atoms with Crippen molar-refractivity contribution in [2.24, 2.45) is 5.41 Å². The van der Waals surface area contributed by atoms with Crippen LogP contribution in [0.4, 0.5) is 5.82 Å². The van der Waals surface area contributed by atoms with Crippen LogP contribution in [0, 0.1) is 5.41 Å². The highest BCUT2D eigenvalue weighted by Crippen LogP contribution is 2.28. The third-order valence-electron chi connectivity index (χ3n) is 3.08. The van der Waals surface area contributed by atoms with Crippen LogP contribution >= 0.6 is 0 Å². The van der Waals surface area contributed by atoms with Gasteiger partial charge < -0.3 is 10.0 Å². The smallest absolute Gasteiger partial charge is 0.337 e. The molecule has 0 bridgehead atoms. The van der Waals surface area contributed by atoms with Crippen molar-refractivity contribution in [1.82, 2.24) is 4.98 Å². The van der Waals surface area contributed by atoms with Gasteiger partial charge in [-0.05, 0) is 5.41 Å². The largest absolute Gasteiger partial charge is 0.478 e. The average Bonchev–Trinajstić information content (AvgIpc) is 2.35. The molecule has 2 rings (SSSR count). The maximum atomic E-state index is 11.3. The van der Waals surface area contributed by atoms with E-state index in [4.69, 9.17) is 0 Å². The fourth-order valence-electron chi connectivity index (χ4n) is 2.44. The summed E-state index contributed by atoms with van der Waals surface area (Å²) in [5, 5.41) is 10.8. The predicted molar refractivity (Wildman–Crippen MR) is 81.4 cm³/mol. The molecule has 20 heavy (non-hydrogen) atoms. The molecule has 0 spiro atoms. The standard InChI is InChI=1S/C16H20N2O2/c1-16(2,3)10-18(4)14-12-8-6-5-7-11(12)13(9-17-14)15(19)20/h5-9H,10H2,1-4H3,(H,19,20). The first-order valence-electron chi connectivity index (χ1n) is 6.62. The van der Waals surface area contributed by atoms with Gasteiger partial charge in [0.15, 0.2) is 0 Å². The lowest BCUT2D eigenvalue weighted by Gasteiger charge is -2.28. The number of hydrogen-bond donors (Lipinski definition) is 1.